The molecule has 160 valence electrons. The van der Waals surface area contributed by atoms with Gasteiger partial charge in [-0.25, -0.2) is 4.68 Å². The molecular formula is C20H16F3N5O2S. The van der Waals surface area contributed by atoms with Crippen LogP contribution in [-0.2, 0) is 21.5 Å². The third-order valence-electron chi connectivity index (χ3n) is 4.54. The van der Waals surface area contributed by atoms with Crippen molar-refractivity contribution < 1.29 is 22.8 Å². The minimum absolute atomic E-state index is 0.0797. The number of thioether (sulfide) groups is 1. The largest absolute Gasteiger partial charge is 0.418 e. The lowest BCUT2D eigenvalue weighted by Crippen LogP contribution is -2.36. The summed E-state index contributed by atoms with van der Waals surface area (Å²) in [4.78, 5) is 29.1. The molecule has 1 aromatic heterocycles. The highest BCUT2D eigenvalue weighted by Crippen LogP contribution is 2.35. The number of aromatic nitrogens is 3. The smallest absolute Gasteiger partial charge is 0.324 e. The molecule has 0 spiro atoms. The van der Waals surface area contributed by atoms with Crippen molar-refractivity contribution in [3.8, 4) is 0 Å². The number of anilines is 2. The minimum atomic E-state index is -4.63. The lowest BCUT2D eigenvalue weighted by Gasteiger charge is -2.23. The number of hydrogen-bond donors (Lipinski definition) is 2. The fraction of sp³-hybridized carbons (Fsp3) is 0.200. The van der Waals surface area contributed by atoms with Crippen LogP contribution in [0.15, 0.2) is 59.8 Å². The molecule has 0 unspecified atom stereocenters. The van der Waals surface area contributed by atoms with Crippen molar-refractivity contribution in [2.45, 2.75) is 29.5 Å². The zero-order valence-corrected chi connectivity index (χ0v) is 16.7. The number of nitrogens with zero attached hydrogens (tertiary/aromatic N) is 3. The van der Waals surface area contributed by atoms with Gasteiger partial charge in [0.25, 0.3) is 0 Å². The van der Waals surface area contributed by atoms with Crippen LogP contribution < -0.4 is 10.6 Å². The van der Waals surface area contributed by atoms with Gasteiger partial charge >= 0.3 is 6.18 Å². The van der Waals surface area contributed by atoms with Gasteiger partial charge in [0.1, 0.15) is 6.04 Å². The van der Waals surface area contributed by atoms with Crippen LogP contribution in [0.4, 0.5) is 24.8 Å². The summed E-state index contributed by atoms with van der Waals surface area (Å²) >= 11 is 1.32. The van der Waals surface area contributed by atoms with Crippen molar-refractivity contribution in [1.82, 2.24) is 14.8 Å². The quantitative estimate of drug-likeness (QED) is 0.575. The molecule has 2 N–H and O–H groups in total. The molecular weight excluding hydrogens is 431 g/mol. The van der Waals surface area contributed by atoms with Gasteiger partial charge in [-0.1, -0.05) is 54.2 Å². The van der Waals surface area contributed by atoms with Gasteiger partial charge in [0, 0.05) is 5.75 Å². The predicted molar refractivity (Wildman–Crippen MR) is 108 cm³/mol. The summed E-state index contributed by atoms with van der Waals surface area (Å²) < 4.78 is 40.9. The van der Waals surface area contributed by atoms with Gasteiger partial charge in [0.2, 0.25) is 22.9 Å². The molecule has 0 aliphatic carbocycles. The number of amides is 2. The second kappa shape index (κ2) is 8.42. The fourth-order valence-corrected chi connectivity index (χ4v) is 3.87. The first-order valence-electron chi connectivity index (χ1n) is 9.21. The Kier molecular flexibility index (Phi) is 5.68. The Balaban J connectivity index is 1.55. The van der Waals surface area contributed by atoms with E-state index in [1.165, 1.54) is 28.6 Å². The number of nitrogens with one attached hydrogen (secondary N) is 2. The summed E-state index contributed by atoms with van der Waals surface area (Å²) in [6.07, 6.45) is -4.90. The maximum absolute atomic E-state index is 13.2. The molecule has 2 heterocycles. The van der Waals surface area contributed by atoms with Crippen LogP contribution in [0.25, 0.3) is 0 Å². The van der Waals surface area contributed by atoms with Crippen LogP contribution in [0.2, 0.25) is 0 Å². The molecule has 1 aliphatic heterocycles. The molecule has 1 aliphatic rings. The summed E-state index contributed by atoms with van der Waals surface area (Å²) in [5, 5.41) is 9.45. The Morgan fingerprint density at radius 2 is 1.87 bits per heavy atom. The molecule has 11 heteroatoms. The highest BCUT2D eigenvalue weighted by Gasteiger charge is 2.36. The normalized spacial score (nSPS) is 15.8. The molecule has 2 aromatic carbocycles. The van der Waals surface area contributed by atoms with Crippen LogP contribution in [0.5, 0.6) is 0 Å². The number of rotatable bonds is 5. The van der Waals surface area contributed by atoms with Gasteiger partial charge in [-0.2, -0.15) is 18.2 Å². The molecule has 3 aromatic rings. The number of alkyl halides is 3. The number of carbonyl (C=O) groups excluding carboxylic acids is 2. The molecule has 0 saturated carbocycles. The van der Waals surface area contributed by atoms with E-state index in [0.29, 0.717) is 10.9 Å². The number of fused-ring (bicyclic) bond motifs is 1. The number of carbonyl (C=O) groups is 2. The van der Waals surface area contributed by atoms with Crippen LogP contribution in [0.3, 0.4) is 0 Å². The molecule has 0 bridgehead atoms. The van der Waals surface area contributed by atoms with Crippen LogP contribution in [0.1, 0.15) is 23.6 Å². The van der Waals surface area contributed by atoms with Crippen molar-refractivity contribution in [3.05, 3.63) is 65.7 Å². The lowest BCUT2D eigenvalue weighted by atomic mass is 10.1. The standard InChI is InChI=1S/C20H16F3N5O2S/c21-20(22,23)13-8-4-5-9-14(13)24-17(30)15-10-16(29)25-18-26-19(27-28(15)18)31-11-12-6-2-1-3-7-12/h1-9,15H,10-11H2,(H,24,30)(H,25,26,27,29)/t15-/m0/s1. The van der Waals surface area contributed by atoms with Crippen molar-refractivity contribution in [2.24, 2.45) is 0 Å². The summed E-state index contributed by atoms with van der Waals surface area (Å²) in [6.45, 7) is 0. The van der Waals surface area contributed by atoms with Crippen molar-refractivity contribution in [3.63, 3.8) is 0 Å². The van der Waals surface area contributed by atoms with Crippen LogP contribution >= 0.6 is 11.8 Å². The van der Waals surface area contributed by atoms with E-state index >= 15 is 0 Å². The monoisotopic (exact) mass is 447 g/mol. The predicted octanol–water partition coefficient (Wildman–Crippen LogP) is 4.11. The van der Waals surface area contributed by atoms with E-state index < -0.39 is 29.6 Å². The third kappa shape index (κ3) is 4.71. The average molecular weight is 447 g/mol. The van der Waals surface area contributed by atoms with Crippen molar-refractivity contribution >= 4 is 35.2 Å². The second-order valence-corrected chi connectivity index (χ2v) is 7.68. The Labute approximate surface area is 179 Å². The van der Waals surface area contributed by atoms with Crippen LogP contribution in [0, 0.1) is 0 Å². The second-order valence-electron chi connectivity index (χ2n) is 6.74. The summed E-state index contributed by atoms with van der Waals surface area (Å²) in [5.41, 5.74) is -0.310. The molecule has 0 fully saturated rings. The number of benzene rings is 2. The van der Waals surface area contributed by atoms with Crippen LogP contribution in [-0.4, -0.2) is 26.6 Å². The van der Waals surface area contributed by atoms with E-state index in [2.05, 4.69) is 20.7 Å². The van der Waals surface area contributed by atoms with E-state index in [-0.39, 0.29) is 18.1 Å². The topological polar surface area (TPSA) is 88.9 Å². The number of hydrogen-bond acceptors (Lipinski definition) is 5. The minimum Gasteiger partial charge on any atom is -0.324 e. The zero-order chi connectivity index (χ0) is 22.0. The Morgan fingerprint density at radius 3 is 2.61 bits per heavy atom. The lowest BCUT2D eigenvalue weighted by molar-refractivity contribution is -0.137. The van der Waals surface area contributed by atoms with Crippen molar-refractivity contribution in [2.75, 3.05) is 10.6 Å². The molecule has 0 saturated heterocycles. The zero-order valence-electron chi connectivity index (χ0n) is 15.9. The van der Waals surface area contributed by atoms with E-state index in [1.54, 1.807) is 0 Å². The van der Waals surface area contributed by atoms with E-state index in [4.69, 9.17) is 0 Å². The van der Waals surface area contributed by atoms with Crippen molar-refractivity contribution in [1.29, 1.82) is 0 Å². The highest BCUT2D eigenvalue weighted by molar-refractivity contribution is 7.98. The third-order valence-corrected chi connectivity index (χ3v) is 5.45. The van der Waals surface area contributed by atoms with E-state index in [1.807, 2.05) is 30.3 Å². The van der Waals surface area contributed by atoms with E-state index in [9.17, 15) is 22.8 Å². The SMILES string of the molecule is O=C1C[C@@H](C(=O)Nc2ccccc2C(F)(F)F)n2nc(SCc3ccccc3)nc2N1. The van der Waals surface area contributed by atoms with Gasteiger partial charge in [-0.3, -0.25) is 14.9 Å². The maximum atomic E-state index is 13.2. The Morgan fingerprint density at radius 1 is 1.16 bits per heavy atom. The first-order chi connectivity index (χ1) is 14.8. The molecule has 31 heavy (non-hydrogen) atoms. The molecule has 0 radical (unpaired) electrons. The van der Waals surface area contributed by atoms with E-state index in [0.717, 1.165) is 17.7 Å². The summed E-state index contributed by atoms with van der Waals surface area (Å²) in [7, 11) is 0. The molecule has 1 atom stereocenters. The molecule has 7 nitrogen and oxygen atoms in total. The number of halogens is 3. The first-order valence-corrected chi connectivity index (χ1v) is 10.2. The Hall–Kier alpha value is -3.34. The fourth-order valence-electron chi connectivity index (χ4n) is 3.09. The first kappa shape index (κ1) is 20.9. The van der Waals surface area contributed by atoms with Gasteiger partial charge in [-0.05, 0) is 17.7 Å². The molecule has 2 amide bonds. The Bertz CT molecular complexity index is 1120. The molecule has 4 rings (SSSR count). The van der Waals surface area contributed by atoms with Gasteiger partial charge < -0.3 is 5.32 Å². The van der Waals surface area contributed by atoms with Gasteiger partial charge in [0.15, 0.2) is 0 Å². The highest BCUT2D eigenvalue weighted by atomic mass is 32.2. The van der Waals surface area contributed by atoms with Gasteiger partial charge in [-0.15, -0.1) is 5.10 Å². The summed E-state index contributed by atoms with van der Waals surface area (Å²) in [6, 6.07) is 13.1. The average Bonchev–Trinajstić information content (AvgIpc) is 3.14. The summed E-state index contributed by atoms with van der Waals surface area (Å²) in [5.74, 6) is -0.592. The van der Waals surface area contributed by atoms with Gasteiger partial charge in [0.05, 0.1) is 17.7 Å². The number of para-hydroxylation sites is 1. The maximum Gasteiger partial charge on any atom is 0.418 e.